The number of amides is 2. The Hall–Kier alpha value is -2.80. The first-order valence-corrected chi connectivity index (χ1v) is 8.92. The molecule has 3 rings (SSSR count). The second-order valence-corrected chi connectivity index (χ2v) is 6.73. The summed E-state index contributed by atoms with van der Waals surface area (Å²) >= 11 is 0. The van der Waals surface area contributed by atoms with E-state index in [9.17, 15) is 14.7 Å². The van der Waals surface area contributed by atoms with Crippen molar-refractivity contribution >= 4 is 11.8 Å². The van der Waals surface area contributed by atoms with Gasteiger partial charge < -0.3 is 24.1 Å². The van der Waals surface area contributed by atoms with Gasteiger partial charge in [0.25, 0.3) is 5.91 Å². The molecule has 0 aliphatic carbocycles. The van der Waals surface area contributed by atoms with Crippen molar-refractivity contribution in [1.82, 2.24) is 9.80 Å². The van der Waals surface area contributed by atoms with Gasteiger partial charge in [0.15, 0.2) is 5.76 Å². The van der Waals surface area contributed by atoms with Crippen molar-refractivity contribution in [3.8, 4) is 5.75 Å². The van der Waals surface area contributed by atoms with Gasteiger partial charge in [0.2, 0.25) is 5.91 Å². The zero-order chi connectivity index (χ0) is 19.4. The SMILES string of the molecule is CC(=O)N1CCN(C(=O)c2ccoc2COc2ccc(C)cc2)CC(O)C1. The first kappa shape index (κ1) is 19.0. The Morgan fingerprint density at radius 2 is 1.81 bits per heavy atom. The molecule has 7 nitrogen and oxygen atoms in total. The fraction of sp³-hybridized carbons (Fsp3) is 0.400. The first-order valence-electron chi connectivity index (χ1n) is 8.92. The van der Waals surface area contributed by atoms with Crippen LogP contribution in [0.2, 0.25) is 0 Å². The maximum Gasteiger partial charge on any atom is 0.257 e. The van der Waals surface area contributed by atoms with E-state index in [4.69, 9.17) is 9.15 Å². The van der Waals surface area contributed by atoms with Crippen LogP contribution in [0.5, 0.6) is 5.75 Å². The molecule has 1 aromatic heterocycles. The van der Waals surface area contributed by atoms with Gasteiger partial charge in [-0.3, -0.25) is 9.59 Å². The summed E-state index contributed by atoms with van der Waals surface area (Å²) in [7, 11) is 0. The highest BCUT2D eigenvalue weighted by Crippen LogP contribution is 2.19. The van der Waals surface area contributed by atoms with E-state index < -0.39 is 6.10 Å². The third-order valence-corrected chi connectivity index (χ3v) is 4.60. The predicted octanol–water partition coefficient (Wildman–Crippen LogP) is 1.83. The van der Waals surface area contributed by atoms with Gasteiger partial charge in [-0.1, -0.05) is 17.7 Å². The highest BCUT2D eigenvalue weighted by atomic mass is 16.5. The molecule has 0 spiro atoms. The van der Waals surface area contributed by atoms with Crippen LogP contribution in [0, 0.1) is 6.92 Å². The second-order valence-electron chi connectivity index (χ2n) is 6.73. The van der Waals surface area contributed by atoms with Gasteiger partial charge >= 0.3 is 0 Å². The van der Waals surface area contributed by atoms with Gasteiger partial charge in [0.05, 0.1) is 17.9 Å². The summed E-state index contributed by atoms with van der Waals surface area (Å²) in [5, 5.41) is 10.1. The molecule has 0 bridgehead atoms. The van der Waals surface area contributed by atoms with Crippen molar-refractivity contribution in [3.63, 3.8) is 0 Å². The van der Waals surface area contributed by atoms with Gasteiger partial charge in [-0.25, -0.2) is 0 Å². The summed E-state index contributed by atoms with van der Waals surface area (Å²) < 4.78 is 11.2. The van der Waals surface area contributed by atoms with Crippen LogP contribution in [0.25, 0.3) is 0 Å². The largest absolute Gasteiger partial charge is 0.486 e. The highest BCUT2D eigenvalue weighted by Gasteiger charge is 2.28. The van der Waals surface area contributed by atoms with E-state index in [0.29, 0.717) is 30.2 Å². The molecule has 2 aromatic rings. The van der Waals surface area contributed by atoms with Gasteiger partial charge in [0.1, 0.15) is 12.4 Å². The molecule has 0 radical (unpaired) electrons. The summed E-state index contributed by atoms with van der Waals surface area (Å²) in [4.78, 5) is 27.6. The number of carbonyl (C=O) groups is 2. The lowest BCUT2D eigenvalue weighted by atomic mass is 10.2. The number of benzene rings is 1. The van der Waals surface area contributed by atoms with Crippen molar-refractivity contribution in [3.05, 3.63) is 53.5 Å². The quantitative estimate of drug-likeness (QED) is 0.885. The summed E-state index contributed by atoms with van der Waals surface area (Å²) in [6.07, 6.45) is 0.677. The molecule has 1 fully saturated rings. The van der Waals surface area contributed by atoms with Crippen LogP contribution in [-0.2, 0) is 11.4 Å². The van der Waals surface area contributed by atoms with Crippen molar-refractivity contribution < 1.29 is 23.8 Å². The number of aliphatic hydroxyl groups is 1. The predicted molar refractivity (Wildman–Crippen MR) is 98.4 cm³/mol. The molecule has 2 amide bonds. The van der Waals surface area contributed by atoms with E-state index in [0.717, 1.165) is 5.56 Å². The molecular formula is C20H24N2O5. The van der Waals surface area contributed by atoms with E-state index in [1.165, 1.54) is 13.2 Å². The third kappa shape index (κ3) is 4.68. The lowest BCUT2D eigenvalue weighted by molar-refractivity contribution is -0.129. The molecule has 1 aromatic carbocycles. The lowest BCUT2D eigenvalue weighted by Crippen LogP contribution is -2.38. The Morgan fingerprint density at radius 1 is 1.15 bits per heavy atom. The molecule has 144 valence electrons. The normalized spacial score (nSPS) is 17.5. The summed E-state index contributed by atoms with van der Waals surface area (Å²) in [5.41, 5.74) is 1.54. The van der Waals surface area contributed by atoms with Crippen LogP contribution in [0.15, 0.2) is 41.0 Å². The van der Waals surface area contributed by atoms with Crippen molar-refractivity contribution in [2.24, 2.45) is 0 Å². The average molecular weight is 372 g/mol. The fourth-order valence-electron chi connectivity index (χ4n) is 3.06. The van der Waals surface area contributed by atoms with Crippen molar-refractivity contribution in [2.45, 2.75) is 26.6 Å². The molecule has 1 saturated heterocycles. The minimum atomic E-state index is -0.778. The topological polar surface area (TPSA) is 83.2 Å². The number of aryl methyl sites for hydroxylation is 1. The van der Waals surface area contributed by atoms with Crippen LogP contribution >= 0.6 is 0 Å². The van der Waals surface area contributed by atoms with Crippen LogP contribution < -0.4 is 4.74 Å². The number of ether oxygens (including phenoxy) is 1. The number of aliphatic hydroxyl groups excluding tert-OH is 1. The second kappa shape index (κ2) is 8.26. The number of hydrogen-bond acceptors (Lipinski definition) is 5. The smallest absolute Gasteiger partial charge is 0.257 e. The molecule has 1 atom stereocenters. The van der Waals surface area contributed by atoms with E-state index in [1.54, 1.807) is 15.9 Å². The fourth-order valence-corrected chi connectivity index (χ4v) is 3.06. The van der Waals surface area contributed by atoms with Crippen molar-refractivity contribution in [2.75, 3.05) is 26.2 Å². The van der Waals surface area contributed by atoms with Gasteiger partial charge in [-0.05, 0) is 25.1 Å². The number of β-amino-alcohol motifs (C(OH)–C–C–N with tert-alkyl or cyclic N) is 1. The zero-order valence-electron chi connectivity index (χ0n) is 15.6. The van der Waals surface area contributed by atoms with E-state index in [2.05, 4.69) is 0 Å². The number of nitrogens with zero attached hydrogens (tertiary/aromatic N) is 2. The summed E-state index contributed by atoms with van der Waals surface area (Å²) in [5.74, 6) is 0.773. The number of hydrogen-bond donors (Lipinski definition) is 1. The Labute approximate surface area is 158 Å². The summed E-state index contributed by atoms with van der Waals surface area (Å²) in [6, 6.07) is 9.23. The molecule has 1 unspecified atom stereocenters. The van der Waals surface area contributed by atoms with E-state index in [1.807, 2.05) is 31.2 Å². The Morgan fingerprint density at radius 3 is 2.52 bits per heavy atom. The number of rotatable bonds is 4. The summed E-state index contributed by atoms with van der Waals surface area (Å²) in [6.45, 7) is 4.74. The maximum atomic E-state index is 12.9. The lowest BCUT2D eigenvalue weighted by Gasteiger charge is -2.21. The average Bonchev–Trinajstić information content (AvgIpc) is 3.01. The Kier molecular flexibility index (Phi) is 5.81. The van der Waals surface area contributed by atoms with Crippen LogP contribution in [0.1, 0.15) is 28.6 Å². The Bertz CT molecular complexity index is 799. The molecule has 1 aliphatic rings. The minimum Gasteiger partial charge on any atom is -0.486 e. The first-order chi connectivity index (χ1) is 12.9. The molecule has 0 saturated carbocycles. The molecular weight excluding hydrogens is 348 g/mol. The maximum absolute atomic E-state index is 12.9. The minimum absolute atomic E-state index is 0.112. The highest BCUT2D eigenvalue weighted by molar-refractivity contribution is 5.95. The molecule has 1 N–H and O–H groups in total. The van der Waals surface area contributed by atoms with Crippen LogP contribution in [-0.4, -0.2) is 59.0 Å². The molecule has 7 heteroatoms. The van der Waals surface area contributed by atoms with Gasteiger partial charge in [-0.15, -0.1) is 0 Å². The van der Waals surface area contributed by atoms with E-state index >= 15 is 0 Å². The van der Waals surface area contributed by atoms with Crippen LogP contribution in [0.3, 0.4) is 0 Å². The molecule has 2 heterocycles. The van der Waals surface area contributed by atoms with Gasteiger partial charge in [0, 0.05) is 33.1 Å². The van der Waals surface area contributed by atoms with E-state index in [-0.39, 0.29) is 31.5 Å². The molecule has 27 heavy (non-hydrogen) atoms. The third-order valence-electron chi connectivity index (χ3n) is 4.60. The van der Waals surface area contributed by atoms with Gasteiger partial charge in [-0.2, -0.15) is 0 Å². The standard InChI is InChI=1S/C20H24N2O5/c1-14-3-5-17(6-4-14)27-13-19-18(7-10-26-19)20(25)22-9-8-21(15(2)23)11-16(24)12-22/h3-7,10,16,24H,8-9,11-13H2,1-2H3. The van der Waals surface area contributed by atoms with Crippen molar-refractivity contribution in [1.29, 1.82) is 0 Å². The molecule has 1 aliphatic heterocycles. The van der Waals surface area contributed by atoms with Crippen LogP contribution in [0.4, 0.5) is 0 Å². The Balaban J connectivity index is 1.67. The number of carbonyl (C=O) groups excluding carboxylic acids is 2. The zero-order valence-corrected chi connectivity index (χ0v) is 15.6. The monoisotopic (exact) mass is 372 g/mol. The number of furan rings is 1.